The van der Waals surface area contributed by atoms with Crippen LogP contribution in [0.1, 0.15) is 75.0 Å². The van der Waals surface area contributed by atoms with Crippen LogP contribution >= 0.6 is 7.67 Å². The number of nitrogen functional groups attached to an aromatic ring is 1. The summed E-state index contributed by atoms with van der Waals surface area (Å²) in [7, 11) is -2.56. The number of nitrogens with zero attached hydrogens (tertiary/aromatic N) is 4. The second-order valence-electron chi connectivity index (χ2n) is 13.7. The molecule has 1 saturated heterocycles. The summed E-state index contributed by atoms with van der Waals surface area (Å²) in [6.07, 6.45) is 1.16. The van der Waals surface area contributed by atoms with E-state index in [9.17, 15) is 14.2 Å². The maximum atomic E-state index is 14.1. The fourth-order valence-corrected chi connectivity index (χ4v) is 6.17. The molecule has 16 heteroatoms. The van der Waals surface area contributed by atoms with Gasteiger partial charge in [0.1, 0.15) is 18.3 Å². The van der Waals surface area contributed by atoms with Crippen LogP contribution in [0.2, 0.25) is 0 Å². The molecule has 0 bridgehead atoms. The SMILES string of the molecule is COc1nc(N)nc2c1ncn2[C@@H]1O[C@H](COP(=O)(N[C@@H](C)C(=O)OCC(C)(C)C)N[C@@H](C)C(=O)OCC(C)(C)C)C[C@@H]1C. The lowest BCUT2D eigenvalue weighted by atomic mass is 9.99. The van der Waals surface area contributed by atoms with Crippen LogP contribution < -0.4 is 20.6 Å². The highest BCUT2D eigenvalue weighted by atomic mass is 31.2. The molecule has 1 fully saturated rings. The normalized spacial score (nSPS) is 20.8. The number of methoxy groups -OCH3 is 1. The first-order chi connectivity index (χ1) is 20.3. The predicted octanol–water partition coefficient (Wildman–Crippen LogP) is 3.60. The average Bonchev–Trinajstić information content (AvgIpc) is 3.50. The van der Waals surface area contributed by atoms with Crippen molar-refractivity contribution in [1.82, 2.24) is 29.7 Å². The van der Waals surface area contributed by atoms with Crippen LogP contribution in [-0.2, 0) is 32.9 Å². The van der Waals surface area contributed by atoms with Crippen molar-refractivity contribution in [3.8, 4) is 5.88 Å². The van der Waals surface area contributed by atoms with Gasteiger partial charge in [-0.05, 0) is 31.1 Å². The fourth-order valence-electron chi connectivity index (χ4n) is 4.34. The summed E-state index contributed by atoms with van der Waals surface area (Å²) in [4.78, 5) is 38.2. The Morgan fingerprint density at radius 1 is 1.07 bits per heavy atom. The third-order valence-electron chi connectivity index (χ3n) is 6.50. The molecule has 0 saturated carbocycles. The number of aromatic nitrogens is 4. The van der Waals surface area contributed by atoms with E-state index in [-0.39, 0.29) is 48.4 Å². The van der Waals surface area contributed by atoms with Gasteiger partial charge in [-0.15, -0.1) is 0 Å². The van der Waals surface area contributed by atoms with Crippen LogP contribution in [0.25, 0.3) is 11.2 Å². The number of ether oxygens (including phenoxy) is 4. The van der Waals surface area contributed by atoms with Gasteiger partial charge in [0, 0.05) is 5.92 Å². The van der Waals surface area contributed by atoms with Crippen molar-refractivity contribution in [2.75, 3.05) is 32.7 Å². The second-order valence-corrected chi connectivity index (χ2v) is 15.5. The van der Waals surface area contributed by atoms with Gasteiger partial charge >= 0.3 is 19.6 Å². The van der Waals surface area contributed by atoms with Crippen LogP contribution in [-0.4, -0.2) is 76.6 Å². The summed E-state index contributed by atoms with van der Waals surface area (Å²) in [5.74, 6) is -0.947. The lowest BCUT2D eigenvalue weighted by Crippen LogP contribution is -2.43. The molecular formula is C28H48N7O8P. The maximum absolute atomic E-state index is 14.1. The molecule has 2 aromatic rings. The molecule has 0 aromatic carbocycles. The van der Waals surface area contributed by atoms with Gasteiger partial charge < -0.3 is 29.2 Å². The number of hydrogen-bond donors (Lipinski definition) is 3. The highest BCUT2D eigenvalue weighted by Crippen LogP contribution is 2.42. The first-order valence-corrected chi connectivity index (χ1v) is 16.3. The number of carbonyl (C=O) groups excluding carboxylic acids is 2. The Labute approximate surface area is 258 Å². The van der Waals surface area contributed by atoms with Crippen LogP contribution in [0, 0.1) is 16.7 Å². The Morgan fingerprint density at radius 2 is 1.61 bits per heavy atom. The van der Waals surface area contributed by atoms with Gasteiger partial charge in [0.15, 0.2) is 11.2 Å². The van der Waals surface area contributed by atoms with Crippen molar-refractivity contribution >= 4 is 36.7 Å². The van der Waals surface area contributed by atoms with Gasteiger partial charge in [0.25, 0.3) is 0 Å². The number of fused-ring (bicyclic) bond motifs is 1. The van der Waals surface area contributed by atoms with Gasteiger partial charge in [-0.2, -0.15) is 9.97 Å². The molecule has 5 atom stereocenters. The Hall–Kier alpha value is -2.84. The van der Waals surface area contributed by atoms with Gasteiger partial charge in [-0.3, -0.25) is 18.7 Å². The monoisotopic (exact) mass is 641 g/mol. The Kier molecular flexibility index (Phi) is 11.4. The van der Waals surface area contributed by atoms with Crippen molar-refractivity contribution in [3.05, 3.63) is 6.33 Å². The van der Waals surface area contributed by atoms with Crippen LogP contribution in [0.4, 0.5) is 5.95 Å². The molecule has 15 nitrogen and oxygen atoms in total. The second kappa shape index (κ2) is 14.1. The Morgan fingerprint density at radius 3 is 2.11 bits per heavy atom. The molecule has 0 amide bonds. The van der Waals surface area contributed by atoms with E-state index in [0.29, 0.717) is 17.6 Å². The van der Waals surface area contributed by atoms with E-state index in [0.717, 1.165) is 0 Å². The average molecular weight is 642 g/mol. The van der Waals surface area contributed by atoms with E-state index >= 15 is 0 Å². The molecule has 4 N–H and O–H groups in total. The Balaban J connectivity index is 1.74. The van der Waals surface area contributed by atoms with Gasteiger partial charge in [0.2, 0.25) is 11.8 Å². The minimum atomic E-state index is -4.03. The zero-order valence-electron chi connectivity index (χ0n) is 27.4. The van der Waals surface area contributed by atoms with Crippen molar-refractivity contribution in [1.29, 1.82) is 0 Å². The zero-order chi connectivity index (χ0) is 33.0. The van der Waals surface area contributed by atoms with Crippen LogP contribution in [0.3, 0.4) is 0 Å². The number of nitrogens with one attached hydrogen (secondary N) is 2. The lowest BCUT2D eigenvalue weighted by molar-refractivity contribution is -0.148. The highest BCUT2D eigenvalue weighted by Gasteiger charge is 2.39. The molecule has 0 radical (unpaired) electrons. The number of esters is 2. The molecule has 44 heavy (non-hydrogen) atoms. The quantitative estimate of drug-likeness (QED) is 0.212. The third-order valence-corrected chi connectivity index (χ3v) is 8.47. The van der Waals surface area contributed by atoms with Crippen molar-refractivity contribution < 1.29 is 37.6 Å². The van der Waals surface area contributed by atoms with Crippen molar-refractivity contribution in [3.63, 3.8) is 0 Å². The number of carbonyl (C=O) groups is 2. The smallest absolute Gasteiger partial charge is 0.342 e. The molecule has 1 aliphatic heterocycles. The molecule has 3 rings (SSSR count). The fraction of sp³-hybridized carbons (Fsp3) is 0.750. The minimum Gasteiger partial charge on any atom is -0.479 e. The number of nitrogens with two attached hydrogens (primary N) is 1. The maximum Gasteiger partial charge on any atom is 0.342 e. The van der Waals surface area contributed by atoms with Gasteiger partial charge in [-0.1, -0.05) is 48.5 Å². The molecule has 1 aliphatic rings. The van der Waals surface area contributed by atoms with Crippen LogP contribution in [0.5, 0.6) is 5.88 Å². The highest BCUT2D eigenvalue weighted by molar-refractivity contribution is 7.54. The Bertz CT molecular complexity index is 1310. The van der Waals surface area contributed by atoms with Crippen LogP contribution in [0.15, 0.2) is 6.33 Å². The zero-order valence-corrected chi connectivity index (χ0v) is 28.3. The predicted molar refractivity (Wildman–Crippen MR) is 164 cm³/mol. The van der Waals surface area contributed by atoms with Gasteiger partial charge in [-0.25, -0.2) is 15.2 Å². The first-order valence-electron chi connectivity index (χ1n) is 14.6. The summed E-state index contributed by atoms with van der Waals surface area (Å²) in [6, 6.07) is -2.02. The van der Waals surface area contributed by atoms with Crippen molar-refractivity contribution in [2.24, 2.45) is 16.7 Å². The standard InChI is InChI=1S/C28H48N7O8P/c1-16-11-19(43-23(16)35-15-30-20-21(35)31-26(29)32-22(20)39-10)12-42-44(38,33-17(2)24(36)40-13-27(4,5)6)34-18(3)25(37)41-14-28(7,8)9/h15-19,23H,11-14H2,1-10H3,(H2,29,31,32)(H2,33,34,38)/t16-,17-,18-,19-,23+/m0/s1. The topological polar surface area (TPSA) is 191 Å². The van der Waals surface area contributed by atoms with E-state index in [2.05, 4.69) is 25.1 Å². The largest absolute Gasteiger partial charge is 0.479 e. The van der Waals surface area contributed by atoms with Gasteiger partial charge in [0.05, 0.1) is 39.4 Å². The molecular weight excluding hydrogens is 593 g/mol. The number of rotatable bonds is 13. The van der Waals surface area contributed by atoms with E-state index in [1.807, 2.05) is 48.5 Å². The van der Waals surface area contributed by atoms with E-state index in [1.54, 1.807) is 10.9 Å². The summed E-state index contributed by atoms with van der Waals surface area (Å²) >= 11 is 0. The molecule has 2 aromatic heterocycles. The number of imidazole rings is 1. The van der Waals surface area contributed by atoms with E-state index < -0.39 is 44.0 Å². The third kappa shape index (κ3) is 9.83. The first kappa shape index (κ1) is 35.6. The summed E-state index contributed by atoms with van der Waals surface area (Å²) in [5.41, 5.74) is 6.25. The van der Waals surface area contributed by atoms with E-state index in [1.165, 1.54) is 21.0 Å². The lowest BCUT2D eigenvalue weighted by Gasteiger charge is -2.28. The molecule has 0 unspecified atom stereocenters. The summed E-state index contributed by atoms with van der Waals surface area (Å²) < 4.78 is 44.1. The number of anilines is 1. The molecule has 0 aliphatic carbocycles. The number of hydrogen-bond acceptors (Lipinski definition) is 12. The van der Waals surface area contributed by atoms with E-state index in [4.69, 9.17) is 29.2 Å². The molecule has 3 heterocycles. The molecule has 248 valence electrons. The minimum absolute atomic E-state index is 0.0129. The summed E-state index contributed by atoms with van der Waals surface area (Å²) in [5, 5.41) is 5.46. The summed E-state index contributed by atoms with van der Waals surface area (Å²) in [6.45, 7) is 16.8. The van der Waals surface area contributed by atoms with Crippen molar-refractivity contribution in [2.45, 2.75) is 93.2 Å². The molecule has 0 spiro atoms.